The van der Waals surface area contributed by atoms with Crippen molar-refractivity contribution in [3.63, 3.8) is 0 Å². The smallest absolute Gasteiger partial charge is 0.410 e. The zero-order valence-corrected chi connectivity index (χ0v) is 23.6. The lowest BCUT2D eigenvalue weighted by Gasteiger charge is -2.36. The zero-order valence-electron chi connectivity index (χ0n) is 23.6. The fraction of sp³-hybridized carbons (Fsp3) is 0.433. The highest BCUT2D eigenvalue weighted by molar-refractivity contribution is 5.90. The number of para-hydroxylation sites is 1. The summed E-state index contributed by atoms with van der Waals surface area (Å²) in [5.74, 6) is 0.607. The summed E-state index contributed by atoms with van der Waals surface area (Å²) in [4.78, 5) is 28.2. The molecular weight excluding hydrogens is 508 g/mol. The summed E-state index contributed by atoms with van der Waals surface area (Å²) in [6.07, 6.45) is 0.236. The van der Waals surface area contributed by atoms with Crippen molar-refractivity contribution in [3.05, 3.63) is 77.5 Å². The van der Waals surface area contributed by atoms with Gasteiger partial charge in [-0.1, -0.05) is 48.5 Å². The Labute approximate surface area is 235 Å². The number of fused-ring (bicyclic) bond motifs is 1. The predicted octanol–water partition coefficient (Wildman–Crippen LogP) is 4.41. The molecule has 3 amide bonds. The third kappa shape index (κ3) is 5.83. The summed E-state index contributed by atoms with van der Waals surface area (Å²) in [7, 11) is 1.67. The second-order valence-corrected chi connectivity index (χ2v) is 11.4. The number of nitrogens with one attached hydrogen (secondary N) is 3. The Kier molecular flexibility index (Phi) is 7.82. The van der Waals surface area contributed by atoms with Gasteiger partial charge in [-0.3, -0.25) is 10.2 Å². The molecule has 1 saturated heterocycles. The normalized spacial score (nSPS) is 20.3. The first-order chi connectivity index (χ1) is 19.2. The molecule has 2 atom stereocenters. The molecule has 2 aromatic carbocycles. The molecule has 0 aliphatic carbocycles. The van der Waals surface area contributed by atoms with E-state index in [1.54, 1.807) is 16.7 Å². The molecule has 40 heavy (non-hydrogen) atoms. The highest BCUT2D eigenvalue weighted by Gasteiger charge is 2.45. The van der Waals surface area contributed by atoms with E-state index in [0.29, 0.717) is 31.9 Å². The van der Waals surface area contributed by atoms with Gasteiger partial charge in [0.15, 0.2) is 0 Å². The van der Waals surface area contributed by atoms with E-state index in [1.165, 1.54) is 0 Å². The van der Waals surface area contributed by atoms with Crippen LogP contribution in [0.2, 0.25) is 0 Å². The average molecular weight is 547 g/mol. The lowest BCUT2D eigenvalue weighted by Crippen LogP contribution is -2.55. The van der Waals surface area contributed by atoms with Crippen LogP contribution in [-0.4, -0.2) is 64.8 Å². The van der Waals surface area contributed by atoms with Crippen molar-refractivity contribution in [1.82, 2.24) is 25.3 Å². The standard InChI is InChI=1S/C30H38N6O4/c1-29(2,3)40-28(38)35-18-23-25(19-35)34-36(22-13-9-6-10-14-22)26(23)32-27(37)33-30(15-16-39-4)20-31-17-24(30)21-11-7-5-8-12-21/h5-14,24,31H,15-20H2,1-4H3,(H2,32,33,37)/t24-,30+/m0/s1. The van der Waals surface area contributed by atoms with Crippen LogP contribution in [-0.2, 0) is 22.6 Å². The molecule has 0 radical (unpaired) electrons. The Hall–Kier alpha value is -3.89. The summed E-state index contributed by atoms with van der Waals surface area (Å²) in [6, 6.07) is 19.5. The number of benzene rings is 2. The van der Waals surface area contributed by atoms with E-state index in [0.717, 1.165) is 29.1 Å². The van der Waals surface area contributed by atoms with Crippen LogP contribution in [0.4, 0.5) is 15.4 Å². The van der Waals surface area contributed by atoms with Gasteiger partial charge in [0.25, 0.3) is 0 Å². The number of aromatic nitrogens is 2. The Morgan fingerprint density at radius 1 is 1.07 bits per heavy atom. The van der Waals surface area contributed by atoms with Crippen LogP contribution >= 0.6 is 0 Å². The SMILES string of the molecule is COCC[C@@]1(NC(=O)Nc2c3c(nn2-c2ccccc2)CN(C(=O)OC(C)(C)C)C3)CNC[C@H]1c1ccccc1. The molecule has 2 aliphatic rings. The third-order valence-corrected chi connectivity index (χ3v) is 7.41. The number of carbonyl (C=O) groups excluding carboxylic acids is 2. The molecule has 1 fully saturated rings. The van der Waals surface area contributed by atoms with Gasteiger partial charge in [-0.05, 0) is 44.9 Å². The predicted molar refractivity (Wildman–Crippen MR) is 152 cm³/mol. The number of amides is 3. The topological polar surface area (TPSA) is 110 Å². The molecule has 3 N–H and O–H groups in total. The minimum absolute atomic E-state index is 0.0713. The highest BCUT2D eigenvalue weighted by Crippen LogP contribution is 2.36. The van der Waals surface area contributed by atoms with Gasteiger partial charge in [0.1, 0.15) is 11.4 Å². The number of hydrogen-bond donors (Lipinski definition) is 3. The van der Waals surface area contributed by atoms with Crippen molar-refractivity contribution in [2.24, 2.45) is 0 Å². The number of rotatable bonds is 7. The molecule has 2 aliphatic heterocycles. The quantitative estimate of drug-likeness (QED) is 0.405. The number of hydrogen-bond acceptors (Lipinski definition) is 6. The van der Waals surface area contributed by atoms with E-state index in [9.17, 15) is 9.59 Å². The largest absolute Gasteiger partial charge is 0.444 e. The summed E-state index contributed by atoms with van der Waals surface area (Å²) >= 11 is 0. The average Bonchev–Trinajstić information content (AvgIpc) is 3.62. The zero-order chi connectivity index (χ0) is 28.3. The number of methoxy groups -OCH3 is 1. The fourth-order valence-electron chi connectivity index (χ4n) is 5.54. The van der Waals surface area contributed by atoms with Gasteiger partial charge < -0.3 is 20.1 Å². The maximum absolute atomic E-state index is 13.8. The van der Waals surface area contributed by atoms with Crippen LogP contribution in [0.3, 0.4) is 0 Å². The lowest BCUT2D eigenvalue weighted by molar-refractivity contribution is 0.0239. The Morgan fingerprint density at radius 2 is 1.77 bits per heavy atom. The molecule has 5 rings (SSSR count). The van der Waals surface area contributed by atoms with Crippen LogP contribution in [0.25, 0.3) is 5.69 Å². The lowest BCUT2D eigenvalue weighted by atomic mass is 9.79. The fourth-order valence-corrected chi connectivity index (χ4v) is 5.54. The van der Waals surface area contributed by atoms with Crippen LogP contribution in [0.15, 0.2) is 60.7 Å². The van der Waals surface area contributed by atoms with Crippen molar-refractivity contribution < 1.29 is 19.1 Å². The van der Waals surface area contributed by atoms with Gasteiger partial charge in [0.2, 0.25) is 0 Å². The summed E-state index contributed by atoms with van der Waals surface area (Å²) in [5, 5.41) is 14.7. The van der Waals surface area contributed by atoms with E-state index in [-0.39, 0.29) is 18.5 Å². The number of anilines is 1. The number of ether oxygens (including phenoxy) is 2. The Balaban J connectivity index is 1.43. The van der Waals surface area contributed by atoms with Crippen LogP contribution < -0.4 is 16.0 Å². The van der Waals surface area contributed by atoms with E-state index in [4.69, 9.17) is 14.6 Å². The molecule has 0 bridgehead atoms. The first kappa shape index (κ1) is 27.7. The maximum atomic E-state index is 13.8. The maximum Gasteiger partial charge on any atom is 0.410 e. The van der Waals surface area contributed by atoms with Crippen LogP contribution in [0.5, 0.6) is 0 Å². The molecule has 212 valence electrons. The van der Waals surface area contributed by atoms with Crippen LogP contribution in [0.1, 0.15) is 49.9 Å². The molecule has 0 spiro atoms. The van der Waals surface area contributed by atoms with Gasteiger partial charge in [0, 0.05) is 38.3 Å². The summed E-state index contributed by atoms with van der Waals surface area (Å²) in [5.41, 5.74) is 2.33. The molecule has 10 nitrogen and oxygen atoms in total. The molecule has 3 heterocycles. The Bertz CT molecular complexity index is 1340. The molecular formula is C30H38N6O4. The highest BCUT2D eigenvalue weighted by atomic mass is 16.6. The Morgan fingerprint density at radius 3 is 2.45 bits per heavy atom. The van der Waals surface area contributed by atoms with Gasteiger partial charge in [0.05, 0.1) is 30.0 Å². The van der Waals surface area contributed by atoms with Crippen molar-refractivity contribution in [2.45, 2.75) is 57.3 Å². The van der Waals surface area contributed by atoms with Crippen LogP contribution in [0, 0.1) is 0 Å². The van der Waals surface area contributed by atoms with E-state index >= 15 is 0 Å². The van der Waals surface area contributed by atoms with Crippen molar-refractivity contribution >= 4 is 17.9 Å². The molecule has 1 aromatic heterocycles. The van der Waals surface area contributed by atoms with Gasteiger partial charge >= 0.3 is 12.1 Å². The molecule has 0 unspecified atom stereocenters. The molecule has 10 heteroatoms. The molecule has 3 aromatic rings. The minimum atomic E-state index is -0.608. The number of urea groups is 1. The van der Waals surface area contributed by atoms with E-state index in [2.05, 4.69) is 28.1 Å². The van der Waals surface area contributed by atoms with Gasteiger partial charge in [-0.2, -0.15) is 5.10 Å². The van der Waals surface area contributed by atoms with Crippen molar-refractivity contribution in [2.75, 3.05) is 32.1 Å². The van der Waals surface area contributed by atoms with Crippen molar-refractivity contribution in [1.29, 1.82) is 0 Å². The third-order valence-electron chi connectivity index (χ3n) is 7.41. The van der Waals surface area contributed by atoms with Gasteiger partial charge in [-0.25, -0.2) is 14.3 Å². The van der Waals surface area contributed by atoms with Crippen molar-refractivity contribution in [3.8, 4) is 5.69 Å². The second-order valence-electron chi connectivity index (χ2n) is 11.4. The van der Waals surface area contributed by atoms with E-state index < -0.39 is 17.2 Å². The van der Waals surface area contributed by atoms with E-state index in [1.807, 2.05) is 69.3 Å². The molecule has 0 saturated carbocycles. The number of carbonyl (C=O) groups is 2. The number of nitrogens with zero attached hydrogens (tertiary/aromatic N) is 3. The monoisotopic (exact) mass is 546 g/mol. The first-order valence-corrected chi connectivity index (χ1v) is 13.7. The second kappa shape index (κ2) is 11.3. The van der Waals surface area contributed by atoms with Gasteiger partial charge in [-0.15, -0.1) is 0 Å². The summed E-state index contributed by atoms with van der Waals surface area (Å²) < 4.78 is 12.8. The first-order valence-electron chi connectivity index (χ1n) is 13.7. The summed E-state index contributed by atoms with van der Waals surface area (Å²) in [6.45, 7) is 7.98. The minimum Gasteiger partial charge on any atom is -0.444 e.